The van der Waals surface area contributed by atoms with E-state index in [1.165, 1.54) is 71.2 Å². The van der Waals surface area contributed by atoms with E-state index in [4.69, 9.17) is 46.9 Å². The van der Waals surface area contributed by atoms with Crippen molar-refractivity contribution in [3.05, 3.63) is 104 Å². The summed E-state index contributed by atoms with van der Waals surface area (Å²) in [5.41, 5.74) is -1.79. The Hall–Kier alpha value is -5.12. The molecule has 9 atom stereocenters. The number of aliphatic hydroxyl groups is 2. The quantitative estimate of drug-likeness (QED) is 0.224. The predicted octanol–water partition coefficient (Wildman–Crippen LogP) is 6.45. The number of Topliss-reactive ketones (excluding diaryl/α,β-unsaturated/α-hetero) is 2. The van der Waals surface area contributed by atoms with Crippen molar-refractivity contribution >= 4 is 58.4 Å². The van der Waals surface area contributed by atoms with E-state index in [0.29, 0.717) is 0 Å². The number of ketones is 3. The Morgan fingerprint density at radius 1 is 0.917 bits per heavy atom. The number of hydrogen-bond acceptors (Lipinski definition) is 13. The van der Waals surface area contributed by atoms with Crippen molar-refractivity contribution < 1.29 is 62.7 Å². The van der Waals surface area contributed by atoms with Gasteiger partial charge in [-0.2, -0.15) is 0 Å². The van der Waals surface area contributed by atoms with Crippen molar-refractivity contribution in [1.82, 2.24) is 5.32 Å². The number of amides is 1. The number of methoxy groups -OCH3 is 1. The lowest BCUT2D eigenvalue weighted by Crippen LogP contribution is -2.46. The normalized spacial score (nSPS) is 30.6. The number of allylic oxidation sites excluding steroid dienone is 4. The Kier molecular flexibility index (Phi) is 14.0. The number of benzene rings is 2. The van der Waals surface area contributed by atoms with Crippen LogP contribution < -0.4 is 14.8 Å². The molecule has 16 heteroatoms. The van der Waals surface area contributed by atoms with Gasteiger partial charge in [0.05, 0.1) is 57.5 Å². The highest BCUT2D eigenvalue weighted by Crippen LogP contribution is 2.48. The summed E-state index contributed by atoms with van der Waals surface area (Å²) in [7, 11) is 1.40. The first-order valence-corrected chi connectivity index (χ1v) is 19.9. The van der Waals surface area contributed by atoms with Crippen molar-refractivity contribution in [3.8, 4) is 11.5 Å². The lowest BCUT2D eigenvalue weighted by molar-refractivity contribution is -0.160. The van der Waals surface area contributed by atoms with E-state index in [2.05, 4.69) is 5.32 Å². The van der Waals surface area contributed by atoms with Crippen molar-refractivity contribution in [1.29, 1.82) is 0 Å². The maximum absolute atomic E-state index is 14.4. The summed E-state index contributed by atoms with van der Waals surface area (Å²) in [5, 5.41) is 25.4. The van der Waals surface area contributed by atoms with E-state index < -0.39 is 112 Å². The maximum Gasteiger partial charge on any atom is 0.345 e. The molecule has 2 aromatic rings. The maximum atomic E-state index is 14.4. The second kappa shape index (κ2) is 18.2. The Morgan fingerprint density at radius 3 is 2.23 bits per heavy atom. The molecule has 320 valence electrons. The van der Waals surface area contributed by atoms with Gasteiger partial charge in [0.15, 0.2) is 5.78 Å². The predicted molar refractivity (Wildman–Crippen MR) is 219 cm³/mol. The zero-order chi connectivity index (χ0) is 44.5. The van der Waals surface area contributed by atoms with Crippen LogP contribution >= 0.6 is 23.2 Å². The lowest BCUT2D eigenvalue weighted by Gasteiger charge is -2.38. The van der Waals surface area contributed by atoms with Gasteiger partial charge in [0.2, 0.25) is 5.78 Å². The fourth-order valence-electron chi connectivity index (χ4n) is 7.54. The summed E-state index contributed by atoms with van der Waals surface area (Å²) in [6, 6.07) is 4.01. The van der Waals surface area contributed by atoms with Gasteiger partial charge >= 0.3 is 17.7 Å². The topological polar surface area (TPSA) is 201 Å². The van der Waals surface area contributed by atoms with E-state index in [0.717, 1.165) is 12.3 Å². The molecule has 0 spiro atoms. The molecule has 3 N–H and O–H groups in total. The number of esters is 2. The molecule has 0 unspecified atom stereocenters. The monoisotopic (exact) mass is 867 g/mol. The lowest BCUT2D eigenvalue weighted by atomic mass is 9.78. The first-order chi connectivity index (χ1) is 28.1. The molecule has 6 rings (SSSR count). The smallest absolute Gasteiger partial charge is 0.345 e. The van der Waals surface area contributed by atoms with Gasteiger partial charge in [-0.3, -0.25) is 24.0 Å². The average molecular weight is 869 g/mol. The third-order valence-electron chi connectivity index (χ3n) is 11.1. The van der Waals surface area contributed by atoms with Gasteiger partial charge in [-0.1, -0.05) is 69.1 Å². The van der Waals surface area contributed by atoms with Crippen LogP contribution in [0, 0.1) is 30.6 Å². The zero-order valence-electron chi connectivity index (χ0n) is 34.5. The Labute approximate surface area is 357 Å². The number of aliphatic hydroxyl groups excluding tert-OH is 2. The molecule has 0 saturated carbocycles. The van der Waals surface area contributed by atoms with Gasteiger partial charge in [-0.05, 0) is 38.1 Å². The zero-order valence-corrected chi connectivity index (χ0v) is 36.0. The third-order valence-corrected chi connectivity index (χ3v) is 11.7. The van der Waals surface area contributed by atoms with E-state index in [-0.39, 0.29) is 38.1 Å². The van der Waals surface area contributed by atoms with Crippen molar-refractivity contribution in [2.24, 2.45) is 23.7 Å². The summed E-state index contributed by atoms with van der Waals surface area (Å²) in [6.07, 6.45) is 4.00. The van der Waals surface area contributed by atoms with Gasteiger partial charge < -0.3 is 39.2 Å². The van der Waals surface area contributed by atoms with Crippen molar-refractivity contribution in [2.45, 2.75) is 85.6 Å². The number of ether oxygens (including phenoxy) is 5. The molecule has 3 aliphatic heterocycles. The minimum absolute atomic E-state index is 0.0296. The number of carbonyl (C=O) groups excluding carboxylic acids is 6. The van der Waals surface area contributed by atoms with Gasteiger partial charge in [0.25, 0.3) is 11.7 Å². The summed E-state index contributed by atoms with van der Waals surface area (Å²) in [5.74, 6) is -10.5. The van der Waals surface area contributed by atoms with Crippen LogP contribution in [0.15, 0.2) is 66.1 Å². The van der Waals surface area contributed by atoms with Crippen LogP contribution in [0.4, 0.5) is 0 Å². The van der Waals surface area contributed by atoms with Gasteiger partial charge in [0, 0.05) is 66.9 Å². The number of halogens is 2. The molecule has 4 aliphatic rings. The molecule has 14 nitrogen and oxygen atoms in total. The molecule has 0 fully saturated rings. The van der Waals surface area contributed by atoms with E-state index in [1.807, 2.05) is 0 Å². The van der Waals surface area contributed by atoms with Gasteiger partial charge in [0.1, 0.15) is 17.6 Å². The molecule has 60 heavy (non-hydrogen) atoms. The minimum Gasteiger partial charge on any atom is -0.462 e. The fourth-order valence-corrected chi connectivity index (χ4v) is 8.02. The average Bonchev–Trinajstić information content (AvgIpc) is 3.45. The first-order valence-electron chi connectivity index (χ1n) is 19.1. The molecule has 5 bridgehead atoms. The molecule has 1 aliphatic carbocycles. The second-order valence-electron chi connectivity index (χ2n) is 15.4. The van der Waals surface area contributed by atoms with Crippen molar-refractivity contribution in [3.63, 3.8) is 0 Å². The molecule has 0 aromatic heterocycles. The highest BCUT2D eigenvalue weighted by Gasteiger charge is 2.52. The van der Waals surface area contributed by atoms with E-state index in [1.54, 1.807) is 33.8 Å². The second-order valence-corrected chi connectivity index (χ2v) is 16.2. The van der Waals surface area contributed by atoms with Crippen LogP contribution in [0.2, 0.25) is 10.0 Å². The number of carbonyl (C=O) groups is 6. The standard InChI is InChI=1S/C44H47Cl2NO13/c1-19-11-10-12-20(2)42(54)47-29-18-30(49)32-33(37(29)52)39(59-43(55)27-14-13-26(45)17-28(27)46)24(6)40-34(32)41(53)44(8,60-40)57-16-15-31(56-9)21(3)38(58-25(7)48)23(5)36(51)22(4)35(19)50/h10-19,21-23,31,35-36,38,50-51H,1-9H3,(H,47,54)/b11-10+,16-15+,20-12-/t19-,21+,22+,23-,31-,35-,36-,38+,44-/m0/s1. The fraction of sp³-hybridized carbons (Fsp3) is 0.409. The van der Waals surface area contributed by atoms with Crippen molar-refractivity contribution in [2.75, 3.05) is 7.11 Å². The molecule has 0 saturated heterocycles. The number of rotatable bonds is 4. The molecule has 2 aromatic carbocycles. The molecular weight excluding hydrogens is 821 g/mol. The van der Waals surface area contributed by atoms with Crippen LogP contribution in [0.5, 0.6) is 11.5 Å². The highest BCUT2D eigenvalue weighted by molar-refractivity contribution is 6.36. The number of nitrogens with one attached hydrogen (secondary N) is 1. The summed E-state index contributed by atoms with van der Waals surface area (Å²) in [4.78, 5) is 82.2. The summed E-state index contributed by atoms with van der Waals surface area (Å²) >= 11 is 12.3. The SMILES string of the molecule is CO[C@H]1/C=C/O[C@@]2(C)Oc3c(C)c(OC(=O)c4ccc(Cl)cc4Cl)c4c(c3C2=O)C(=O)C=C(NC(=O)/C(C)=C\C=C\[C@H](C)[C@H](O)[C@@H](C)[C@H](O)[C@H](C)[C@H](OC(C)=O)[C@@H]1C)C4=O. The van der Waals surface area contributed by atoms with Crippen LogP contribution in [0.25, 0.3) is 0 Å². The summed E-state index contributed by atoms with van der Waals surface area (Å²) in [6.45, 7) is 12.2. The van der Waals surface area contributed by atoms with Crippen LogP contribution in [0.1, 0.15) is 95.5 Å². The molecule has 1 amide bonds. The van der Waals surface area contributed by atoms with Crippen LogP contribution in [0.3, 0.4) is 0 Å². The van der Waals surface area contributed by atoms with E-state index >= 15 is 0 Å². The molecule has 0 radical (unpaired) electrons. The number of fused-ring (bicyclic) bond motifs is 14. The Bertz CT molecular complexity index is 2260. The highest BCUT2D eigenvalue weighted by atomic mass is 35.5. The molecular formula is C44H47Cl2NO13. The minimum atomic E-state index is -2.15. The number of hydrogen-bond donors (Lipinski definition) is 3. The van der Waals surface area contributed by atoms with Crippen LogP contribution in [-0.4, -0.2) is 82.7 Å². The first kappa shape index (κ1) is 46.0. The molecule has 3 heterocycles. The van der Waals surface area contributed by atoms with Crippen LogP contribution in [-0.2, 0) is 23.8 Å². The summed E-state index contributed by atoms with van der Waals surface area (Å²) < 4.78 is 29.3. The van der Waals surface area contributed by atoms with Gasteiger partial charge in [-0.15, -0.1) is 0 Å². The Balaban J connectivity index is 1.67. The largest absolute Gasteiger partial charge is 0.462 e. The van der Waals surface area contributed by atoms with E-state index in [9.17, 15) is 39.0 Å². The van der Waals surface area contributed by atoms with Gasteiger partial charge in [-0.25, -0.2) is 4.79 Å². The Morgan fingerprint density at radius 2 is 1.60 bits per heavy atom. The third kappa shape index (κ3) is 8.98.